The van der Waals surface area contributed by atoms with Crippen LogP contribution < -0.4 is 15.8 Å². The third-order valence-electron chi connectivity index (χ3n) is 2.93. The van der Waals surface area contributed by atoms with Crippen LogP contribution in [-0.2, 0) is 14.8 Å². The topological polar surface area (TPSA) is 125 Å². The molecule has 0 aliphatic rings. The SMILES string of the molecule is CCC(C)N/C=C(/C#N)C(=O)Nc1ccc(S(N)(=O)=O)cc1. The number of carbonyl (C=O) groups excluding carboxylic acids is 1. The van der Waals surface area contributed by atoms with Crippen molar-refractivity contribution in [2.24, 2.45) is 5.14 Å². The Hall–Kier alpha value is -2.37. The molecule has 0 fully saturated rings. The highest BCUT2D eigenvalue weighted by molar-refractivity contribution is 7.89. The molecule has 0 saturated carbocycles. The summed E-state index contributed by atoms with van der Waals surface area (Å²) in [5, 5.41) is 19.4. The Morgan fingerprint density at radius 1 is 1.41 bits per heavy atom. The van der Waals surface area contributed by atoms with Crippen LogP contribution in [0.25, 0.3) is 0 Å². The van der Waals surface area contributed by atoms with Gasteiger partial charge < -0.3 is 10.6 Å². The van der Waals surface area contributed by atoms with E-state index < -0.39 is 15.9 Å². The van der Waals surface area contributed by atoms with Crippen LogP contribution in [0.2, 0.25) is 0 Å². The molecule has 1 unspecified atom stereocenters. The fourth-order valence-corrected chi connectivity index (χ4v) is 1.93. The molecule has 8 heteroatoms. The lowest BCUT2D eigenvalue weighted by atomic mass is 10.2. The minimum atomic E-state index is -3.78. The molecule has 1 amide bonds. The number of amides is 1. The van der Waals surface area contributed by atoms with Gasteiger partial charge in [-0.1, -0.05) is 6.92 Å². The maximum atomic E-state index is 11.9. The number of primary sulfonamides is 1. The van der Waals surface area contributed by atoms with Crippen LogP contribution in [0.1, 0.15) is 20.3 Å². The van der Waals surface area contributed by atoms with Crippen molar-refractivity contribution in [1.82, 2.24) is 5.32 Å². The van der Waals surface area contributed by atoms with Crippen LogP contribution >= 0.6 is 0 Å². The van der Waals surface area contributed by atoms with Gasteiger partial charge in [-0.15, -0.1) is 0 Å². The zero-order valence-electron chi connectivity index (χ0n) is 12.3. The Balaban J connectivity index is 2.81. The molecule has 0 aromatic heterocycles. The number of nitrogens with zero attached hydrogens (tertiary/aromatic N) is 1. The van der Waals surface area contributed by atoms with Crippen LogP contribution in [0.5, 0.6) is 0 Å². The van der Waals surface area contributed by atoms with E-state index in [0.717, 1.165) is 6.42 Å². The van der Waals surface area contributed by atoms with Gasteiger partial charge >= 0.3 is 0 Å². The van der Waals surface area contributed by atoms with E-state index in [9.17, 15) is 13.2 Å². The average Bonchev–Trinajstić information content (AvgIpc) is 2.47. The Morgan fingerprint density at radius 3 is 2.45 bits per heavy atom. The summed E-state index contributed by atoms with van der Waals surface area (Å²) in [6.45, 7) is 3.90. The zero-order valence-corrected chi connectivity index (χ0v) is 13.1. The Labute approximate surface area is 129 Å². The number of hydrogen-bond donors (Lipinski definition) is 3. The smallest absolute Gasteiger partial charge is 0.267 e. The molecule has 22 heavy (non-hydrogen) atoms. The Morgan fingerprint density at radius 2 is 2.00 bits per heavy atom. The van der Waals surface area contributed by atoms with Gasteiger partial charge in [-0.3, -0.25) is 4.79 Å². The summed E-state index contributed by atoms with van der Waals surface area (Å²) < 4.78 is 22.3. The van der Waals surface area contributed by atoms with Crippen LogP contribution in [0.15, 0.2) is 40.9 Å². The molecule has 1 aromatic rings. The first-order valence-electron chi connectivity index (χ1n) is 6.58. The average molecular weight is 322 g/mol. The maximum absolute atomic E-state index is 11.9. The van der Waals surface area contributed by atoms with E-state index in [1.165, 1.54) is 30.5 Å². The Kier molecular flexibility index (Phi) is 6.10. The molecule has 0 spiro atoms. The highest BCUT2D eigenvalue weighted by atomic mass is 32.2. The highest BCUT2D eigenvalue weighted by Crippen LogP contribution is 2.13. The molecule has 1 aromatic carbocycles. The first kappa shape index (κ1) is 17.7. The first-order chi connectivity index (χ1) is 10.3. The van der Waals surface area contributed by atoms with Gasteiger partial charge in [-0.25, -0.2) is 13.6 Å². The normalized spacial score (nSPS) is 13.1. The summed E-state index contributed by atoms with van der Waals surface area (Å²) >= 11 is 0. The second-order valence-corrected chi connectivity index (χ2v) is 6.23. The lowest BCUT2D eigenvalue weighted by Crippen LogP contribution is -2.22. The molecule has 7 nitrogen and oxygen atoms in total. The van der Waals surface area contributed by atoms with Crippen LogP contribution in [-0.4, -0.2) is 20.4 Å². The molecule has 0 aliphatic heterocycles. The number of anilines is 1. The molecular formula is C14H18N4O3S. The summed E-state index contributed by atoms with van der Waals surface area (Å²) in [6, 6.07) is 7.30. The van der Waals surface area contributed by atoms with Gasteiger partial charge in [0.1, 0.15) is 11.6 Å². The van der Waals surface area contributed by atoms with Gasteiger partial charge in [0, 0.05) is 17.9 Å². The van der Waals surface area contributed by atoms with Gasteiger partial charge in [0.2, 0.25) is 10.0 Å². The van der Waals surface area contributed by atoms with E-state index in [2.05, 4.69) is 10.6 Å². The van der Waals surface area contributed by atoms with Crippen LogP contribution in [0.3, 0.4) is 0 Å². The van der Waals surface area contributed by atoms with E-state index in [-0.39, 0.29) is 16.5 Å². The standard InChI is InChI=1S/C14H18N4O3S/c1-3-10(2)17-9-11(8-15)14(19)18-12-4-6-13(7-5-12)22(16,20)21/h4-7,9-10,17H,3H2,1-2H3,(H,18,19)(H2,16,20,21)/b11-9-. The number of sulfonamides is 1. The molecule has 0 heterocycles. The molecular weight excluding hydrogens is 304 g/mol. The zero-order chi connectivity index (χ0) is 16.8. The van der Waals surface area contributed by atoms with Crippen molar-refractivity contribution in [3.05, 3.63) is 36.0 Å². The molecule has 0 bridgehead atoms. The Bertz CT molecular complexity index is 703. The molecule has 0 saturated heterocycles. The van der Waals surface area contributed by atoms with Gasteiger partial charge in [0.05, 0.1) is 4.90 Å². The van der Waals surface area contributed by atoms with Gasteiger partial charge in [0.25, 0.3) is 5.91 Å². The van der Waals surface area contributed by atoms with Crippen molar-refractivity contribution in [2.45, 2.75) is 31.2 Å². The number of carbonyl (C=O) groups is 1. The van der Waals surface area contributed by atoms with E-state index in [1.807, 2.05) is 19.9 Å². The highest BCUT2D eigenvalue weighted by Gasteiger charge is 2.11. The number of nitrogens with two attached hydrogens (primary N) is 1. The maximum Gasteiger partial charge on any atom is 0.267 e. The number of hydrogen-bond acceptors (Lipinski definition) is 5. The summed E-state index contributed by atoms with van der Waals surface area (Å²) in [5.41, 5.74) is 0.290. The van der Waals surface area contributed by atoms with Crippen molar-refractivity contribution >= 4 is 21.6 Å². The van der Waals surface area contributed by atoms with E-state index >= 15 is 0 Å². The summed E-state index contributed by atoms with van der Waals surface area (Å²) in [6.07, 6.45) is 2.22. The van der Waals surface area contributed by atoms with Crippen LogP contribution in [0, 0.1) is 11.3 Å². The van der Waals surface area contributed by atoms with Crippen molar-refractivity contribution < 1.29 is 13.2 Å². The van der Waals surface area contributed by atoms with Crippen molar-refractivity contribution in [3.63, 3.8) is 0 Å². The fraction of sp³-hybridized carbons (Fsp3) is 0.286. The third kappa shape index (κ3) is 5.20. The van der Waals surface area contributed by atoms with Crippen LogP contribution in [0.4, 0.5) is 5.69 Å². The molecule has 1 atom stereocenters. The number of nitriles is 1. The summed E-state index contributed by atoms with van der Waals surface area (Å²) in [5.74, 6) is -0.582. The molecule has 0 radical (unpaired) electrons. The third-order valence-corrected chi connectivity index (χ3v) is 3.86. The predicted octanol–water partition coefficient (Wildman–Crippen LogP) is 1.07. The molecule has 0 aliphatic carbocycles. The molecule has 1 rings (SSSR count). The second kappa shape index (κ2) is 7.59. The second-order valence-electron chi connectivity index (χ2n) is 4.67. The number of rotatable bonds is 6. The molecule has 4 N–H and O–H groups in total. The van der Waals surface area contributed by atoms with Crippen molar-refractivity contribution in [2.75, 3.05) is 5.32 Å². The van der Waals surface area contributed by atoms with E-state index in [0.29, 0.717) is 5.69 Å². The minimum Gasteiger partial charge on any atom is -0.387 e. The lowest BCUT2D eigenvalue weighted by Gasteiger charge is -2.09. The fourth-order valence-electron chi connectivity index (χ4n) is 1.42. The quantitative estimate of drug-likeness (QED) is 0.533. The number of nitrogens with one attached hydrogen (secondary N) is 2. The van der Waals surface area contributed by atoms with E-state index in [1.54, 1.807) is 0 Å². The summed E-state index contributed by atoms with van der Waals surface area (Å²) in [4.78, 5) is 11.9. The van der Waals surface area contributed by atoms with E-state index in [4.69, 9.17) is 10.4 Å². The van der Waals surface area contributed by atoms with Crippen molar-refractivity contribution in [3.8, 4) is 6.07 Å². The van der Waals surface area contributed by atoms with Gasteiger partial charge in [0.15, 0.2) is 0 Å². The predicted molar refractivity (Wildman–Crippen MR) is 83.0 cm³/mol. The molecule has 118 valence electrons. The minimum absolute atomic E-state index is 0.0556. The lowest BCUT2D eigenvalue weighted by molar-refractivity contribution is -0.112. The monoisotopic (exact) mass is 322 g/mol. The number of benzene rings is 1. The van der Waals surface area contributed by atoms with Gasteiger partial charge in [-0.2, -0.15) is 5.26 Å². The largest absolute Gasteiger partial charge is 0.387 e. The van der Waals surface area contributed by atoms with Gasteiger partial charge in [-0.05, 0) is 37.6 Å². The summed E-state index contributed by atoms with van der Waals surface area (Å²) in [7, 11) is -3.78. The van der Waals surface area contributed by atoms with Crippen molar-refractivity contribution in [1.29, 1.82) is 5.26 Å². The first-order valence-corrected chi connectivity index (χ1v) is 8.13.